The summed E-state index contributed by atoms with van der Waals surface area (Å²) in [6, 6.07) is 18.7. The first kappa shape index (κ1) is 16.7. The third kappa shape index (κ3) is 4.02. The quantitative estimate of drug-likeness (QED) is 0.888. The van der Waals surface area contributed by atoms with Crippen LogP contribution < -0.4 is 11.1 Å². The van der Waals surface area contributed by atoms with E-state index in [1.165, 1.54) is 16.7 Å². The summed E-state index contributed by atoms with van der Waals surface area (Å²) in [4.78, 5) is 12.3. The van der Waals surface area contributed by atoms with E-state index in [0.717, 1.165) is 6.42 Å². The van der Waals surface area contributed by atoms with Crippen molar-refractivity contribution in [1.82, 2.24) is 5.32 Å². The van der Waals surface area contributed by atoms with Crippen LogP contribution in [-0.2, 0) is 16.0 Å². The molecule has 4 heteroatoms. The minimum Gasteiger partial charge on any atom is -0.381 e. The molecule has 0 aromatic heterocycles. The number of carbonyl (C=O) groups excluding carboxylic acids is 1. The molecule has 126 valence electrons. The van der Waals surface area contributed by atoms with Crippen molar-refractivity contribution in [2.75, 3.05) is 19.8 Å². The molecule has 0 atom stereocenters. The third-order valence-corrected chi connectivity index (χ3v) is 4.57. The Balaban J connectivity index is 1.56. The van der Waals surface area contributed by atoms with Crippen molar-refractivity contribution in [3.63, 3.8) is 0 Å². The van der Waals surface area contributed by atoms with E-state index in [9.17, 15) is 4.79 Å². The average molecular weight is 324 g/mol. The summed E-state index contributed by atoms with van der Waals surface area (Å²) >= 11 is 0. The van der Waals surface area contributed by atoms with Gasteiger partial charge in [-0.05, 0) is 36.0 Å². The Kier molecular flexibility index (Phi) is 5.28. The van der Waals surface area contributed by atoms with Crippen LogP contribution in [0.2, 0.25) is 0 Å². The van der Waals surface area contributed by atoms with Crippen LogP contribution in [0.1, 0.15) is 18.4 Å². The van der Waals surface area contributed by atoms with Gasteiger partial charge in [-0.2, -0.15) is 0 Å². The highest BCUT2D eigenvalue weighted by molar-refractivity contribution is 5.86. The van der Waals surface area contributed by atoms with Crippen LogP contribution in [0.25, 0.3) is 11.1 Å². The fourth-order valence-corrected chi connectivity index (χ4v) is 3.00. The summed E-state index contributed by atoms with van der Waals surface area (Å²) in [6.07, 6.45) is 1.96. The van der Waals surface area contributed by atoms with Gasteiger partial charge in [-0.15, -0.1) is 0 Å². The van der Waals surface area contributed by atoms with Gasteiger partial charge in [0, 0.05) is 19.8 Å². The normalized spacial score (nSPS) is 16.5. The van der Waals surface area contributed by atoms with E-state index in [-0.39, 0.29) is 5.91 Å². The smallest absolute Gasteiger partial charge is 0.240 e. The zero-order valence-corrected chi connectivity index (χ0v) is 13.8. The molecule has 0 unspecified atom stereocenters. The Morgan fingerprint density at radius 3 is 2.50 bits per heavy atom. The molecule has 2 aromatic carbocycles. The SMILES string of the molecule is NC1(C(=O)NCCc2cccc(-c3ccccc3)c2)CCOCC1. The maximum Gasteiger partial charge on any atom is 0.240 e. The van der Waals surface area contributed by atoms with Crippen molar-refractivity contribution in [3.8, 4) is 11.1 Å². The Morgan fingerprint density at radius 1 is 1.04 bits per heavy atom. The van der Waals surface area contributed by atoms with E-state index in [4.69, 9.17) is 10.5 Å². The number of hydrogen-bond donors (Lipinski definition) is 2. The summed E-state index contributed by atoms with van der Waals surface area (Å²) in [5.41, 5.74) is 9.01. The Labute approximate surface area is 143 Å². The molecule has 0 bridgehead atoms. The van der Waals surface area contributed by atoms with Crippen molar-refractivity contribution >= 4 is 5.91 Å². The van der Waals surface area contributed by atoms with Gasteiger partial charge >= 0.3 is 0 Å². The van der Waals surface area contributed by atoms with Gasteiger partial charge in [-0.3, -0.25) is 4.79 Å². The first-order chi connectivity index (χ1) is 11.7. The number of rotatable bonds is 5. The summed E-state index contributed by atoms with van der Waals surface area (Å²) in [5, 5.41) is 2.98. The zero-order valence-electron chi connectivity index (χ0n) is 13.8. The maximum absolute atomic E-state index is 12.3. The Morgan fingerprint density at radius 2 is 1.75 bits per heavy atom. The predicted molar refractivity (Wildman–Crippen MR) is 95.6 cm³/mol. The van der Waals surface area contributed by atoms with E-state index in [1.807, 2.05) is 18.2 Å². The molecule has 1 heterocycles. The average Bonchev–Trinajstić information content (AvgIpc) is 2.63. The number of amides is 1. The van der Waals surface area contributed by atoms with E-state index in [0.29, 0.717) is 32.6 Å². The van der Waals surface area contributed by atoms with Crippen LogP contribution in [0.15, 0.2) is 54.6 Å². The van der Waals surface area contributed by atoms with Gasteiger partial charge in [-0.1, -0.05) is 54.6 Å². The van der Waals surface area contributed by atoms with Crippen LogP contribution in [0.3, 0.4) is 0 Å². The van der Waals surface area contributed by atoms with Gasteiger partial charge in [0.05, 0.1) is 5.54 Å². The molecule has 3 rings (SSSR count). The molecule has 2 aromatic rings. The van der Waals surface area contributed by atoms with E-state index >= 15 is 0 Å². The molecule has 0 saturated carbocycles. The number of carbonyl (C=O) groups is 1. The fraction of sp³-hybridized carbons (Fsp3) is 0.350. The standard InChI is InChI=1S/C20H24N2O2/c21-20(10-13-24-14-11-20)19(23)22-12-9-16-5-4-8-18(15-16)17-6-2-1-3-7-17/h1-8,15H,9-14,21H2,(H,22,23). The summed E-state index contributed by atoms with van der Waals surface area (Å²) in [6.45, 7) is 1.71. The first-order valence-electron chi connectivity index (χ1n) is 8.47. The van der Waals surface area contributed by atoms with Crippen molar-refractivity contribution < 1.29 is 9.53 Å². The molecular formula is C20H24N2O2. The molecule has 3 N–H and O–H groups in total. The van der Waals surface area contributed by atoms with Crippen molar-refractivity contribution in [3.05, 3.63) is 60.2 Å². The van der Waals surface area contributed by atoms with Crippen LogP contribution in [0.4, 0.5) is 0 Å². The number of ether oxygens (including phenoxy) is 1. The van der Waals surface area contributed by atoms with Crippen LogP contribution >= 0.6 is 0 Å². The van der Waals surface area contributed by atoms with Crippen LogP contribution in [-0.4, -0.2) is 31.2 Å². The molecule has 0 aliphatic carbocycles. The second kappa shape index (κ2) is 7.60. The maximum atomic E-state index is 12.3. The van der Waals surface area contributed by atoms with Gasteiger partial charge in [-0.25, -0.2) is 0 Å². The minimum atomic E-state index is -0.774. The monoisotopic (exact) mass is 324 g/mol. The lowest BCUT2D eigenvalue weighted by molar-refractivity contribution is -0.129. The lowest BCUT2D eigenvalue weighted by Crippen LogP contribution is -2.57. The van der Waals surface area contributed by atoms with Crippen LogP contribution in [0.5, 0.6) is 0 Å². The molecule has 1 fully saturated rings. The zero-order chi connectivity index (χ0) is 16.8. The van der Waals surface area contributed by atoms with Crippen molar-refractivity contribution in [2.45, 2.75) is 24.8 Å². The van der Waals surface area contributed by atoms with Gasteiger partial charge < -0.3 is 15.8 Å². The van der Waals surface area contributed by atoms with Crippen LogP contribution in [0, 0.1) is 0 Å². The molecule has 24 heavy (non-hydrogen) atoms. The van der Waals surface area contributed by atoms with Gasteiger partial charge in [0.2, 0.25) is 5.91 Å². The van der Waals surface area contributed by atoms with Gasteiger partial charge in [0.1, 0.15) is 0 Å². The highest BCUT2D eigenvalue weighted by Crippen LogP contribution is 2.20. The molecule has 0 radical (unpaired) electrons. The number of nitrogens with two attached hydrogens (primary N) is 1. The molecule has 4 nitrogen and oxygen atoms in total. The van der Waals surface area contributed by atoms with E-state index < -0.39 is 5.54 Å². The lowest BCUT2D eigenvalue weighted by Gasteiger charge is -2.31. The largest absolute Gasteiger partial charge is 0.381 e. The summed E-state index contributed by atoms with van der Waals surface area (Å²) in [5.74, 6) is -0.0648. The van der Waals surface area contributed by atoms with Crippen molar-refractivity contribution in [1.29, 1.82) is 0 Å². The van der Waals surface area contributed by atoms with Gasteiger partial charge in [0.15, 0.2) is 0 Å². The van der Waals surface area contributed by atoms with E-state index in [1.54, 1.807) is 0 Å². The fourth-order valence-electron chi connectivity index (χ4n) is 3.00. The molecule has 1 aliphatic heterocycles. The lowest BCUT2D eigenvalue weighted by atomic mass is 9.90. The molecule has 0 spiro atoms. The molecule has 1 amide bonds. The minimum absolute atomic E-state index is 0.0648. The predicted octanol–water partition coefficient (Wildman–Crippen LogP) is 2.52. The molecule has 1 aliphatic rings. The first-order valence-corrected chi connectivity index (χ1v) is 8.47. The third-order valence-electron chi connectivity index (χ3n) is 4.57. The Bertz CT molecular complexity index is 679. The summed E-state index contributed by atoms with van der Waals surface area (Å²) < 4.78 is 5.28. The summed E-state index contributed by atoms with van der Waals surface area (Å²) in [7, 11) is 0. The highest BCUT2D eigenvalue weighted by atomic mass is 16.5. The van der Waals surface area contributed by atoms with Gasteiger partial charge in [0.25, 0.3) is 0 Å². The highest BCUT2D eigenvalue weighted by Gasteiger charge is 2.35. The Hall–Kier alpha value is -2.17. The molecular weight excluding hydrogens is 300 g/mol. The van der Waals surface area contributed by atoms with Crippen molar-refractivity contribution in [2.24, 2.45) is 5.73 Å². The molecule has 1 saturated heterocycles. The second-order valence-corrected chi connectivity index (χ2v) is 6.34. The topological polar surface area (TPSA) is 64.4 Å². The number of benzene rings is 2. The second-order valence-electron chi connectivity index (χ2n) is 6.34. The number of nitrogens with one attached hydrogen (secondary N) is 1. The number of hydrogen-bond acceptors (Lipinski definition) is 3. The van der Waals surface area contributed by atoms with E-state index in [2.05, 4.69) is 41.7 Å².